The van der Waals surface area contributed by atoms with E-state index >= 15 is 0 Å². The second-order valence-electron chi connectivity index (χ2n) is 9.16. The number of ether oxygens (including phenoxy) is 1. The number of thiophene rings is 1. The summed E-state index contributed by atoms with van der Waals surface area (Å²) < 4.78 is 20.3. The molecule has 2 aliphatic rings. The molecule has 1 aromatic heterocycles. The fourth-order valence-electron chi connectivity index (χ4n) is 4.70. The molecule has 0 N–H and O–H groups in total. The molecule has 0 radical (unpaired) electrons. The molecule has 0 unspecified atom stereocenters. The Kier molecular flexibility index (Phi) is 8.48. The van der Waals surface area contributed by atoms with E-state index in [1.807, 2.05) is 17.5 Å². The van der Waals surface area contributed by atoms with E-state index in [0.717, 1.165) is 23.7 Å². The second kappa shape index (κ2) is 12.2. The van der Waals surface area contributed by atoms with E-state index in [9.17, 15) is 14.0 Å². The van der Waals surface area contributed by atoms with Gasteiger partial charge in [0.05, 0.1) is 40.4 Å². The number of benzene rings is 2. The summed E-state index contributed by atoms with van der Waals surface area (Å²) in [6.45, 7) is 3.50. The van der Waals surface area contributed by atoms with Crippen LogP contribution in [-0.4, -0.2) is 78.3 Å². The maximum absolute atomic E-state index is 14.8. The number of carbonyl (C=O) groups excluding carboxylic acids is 2. The van der Waals surface area contributed by atoms with Gasteiger partial charge in [-0.2, -0.15) is 5.10 Å². The van der Waals surface area contributed by atoms with Crippen LogP contribution < -0.4 is 0 Å². The molecule has 1 saturated heterocycles. The van der Waals surface area contributed by atoms with Crippen molar-refractivity contribution in [2.75, 3.05) is 45.9 Å². The average Bonchev–Trinajstić information content (AvgIpc) is 3.62. The van der Waals surface area contributed by atoms with Crippen LogP contribution in [0, 0.1) is 5.82 Å². The number of halogens is 2. The third-order valence-electron chi connectivity index (χ3n) is 6.74. The molecule has 3 heterocycles. The predicted molar refractivity (Wildman–Crippen MR) is 146 cm³/mol. The molecule has 2 aromatic carbocycles. The van der Waals surface area contributed by atoms with Crippen LogP contribution in [0.3, 0.4) is 0 Å². The minimum atomic E-state index is -0.600. The molecular formula is C28H28ClFN4O3S. The largest absolute Gasteiger partial charge is 0.379 e. The van der Waals surface area contributed by atoms with Crippen LogP contribution in [-0.2, 0) is 9.53 Å². The van der Waals surface area contributed by atoms with Crippen molar-refractivity contribution in [1.29, 1.82) is 0 Å². The predicted octanol–water partition coefficient (Wildman–Crippen LogP) is 4.69. The molecule has 7 nitrogen and oxygen atoms in total. The highest BCUT2D eigenvalue weighted by molar-refractivity contribution is 7.12. The third kappa shape index (κ3) is 5.96. The Morgan fingerprint density at radius 3 is 2.58 bits per heavy atom. The van der Waals surface area contributed by atoms with Crippen molar-refractivity contribution in [3.8, 4) is 0 Å². The Morgan fingerprint density at radius 2 is 1.84 bits per heavy atom. The van der Waals surface area contributed by atoms with Crippen molar-refractivity contribution < 1.29 is 18.7 Å². The Labute approximate surface area is 230 Å². The zero-order valence-corrected chi connectivity index (χ0v) is 22.3. The molecule has 38 heavy (non-hydrogen) atoms. The molecular weight excluding hydrogens is 527 g/mol. The first-order valence-electron chi connectivity index (χ1n) is 12.5. The third-order valence-corrected chi connectivity index (χ3v) is 7.99. The number of rotatable bonds is 8. The van der Waals surface area contributed by atoms with E-state index in [4.69, 9.17) is 16.3 Å². The number of hydrazone groups is 1. The molecule has 2 aliphatic heterocycles. The molecule has 1 atom stereocenters. The summed E-state index contributed by atoms with van der Waals surface area (Å²) in [5.74, 6) is -1.11. The van der Waals surface area contributed by atoms with E-state index < -0.39 is 11.9 Å². The summed E-state index contributed by atoms with van der Waals surface area (Å²) >= 11 is 7.86. The highest BCUT2D eigenvalue weighted by atomic mass is 35.5. The first-order chi connectivity index (χ1) is 18.5. The van der Waals surface area contributed by atoms with E-state index in [0.29, 0.717) is 48.9 Å². The zero-order valence-electron chi connectivity index (χ0n) is 20.8. The first-order valence-corrected chi connectivity index (χ1v) is 13.8. The molecule has 0 spiro atoms. The summed E-state index contributed by atoms with van der Waals surface area (Å²) in [5, 5.41) is 8.24. The Balaban J connectivity index is 1.41. The van der Waals surface area contributed by atoms with Crippen LogP contribution in [0.2, 0.25) is 5.02 Å². The van der Waals surface area contributed by atoms with Crippen molar-refractivity contribution in [1.82, 2.24) is 14.8 Å². The zero-order chi connectivity index (χ0) is 26.5. The maximum Gasteiger partial charge on any atom is 0.262 e. The lowest BCUT2D eigenvalue weighted by Crippen LogP contribution is -2.46. The lowest BCUT2D eigenvalue weighted by molar-refractivity contribution is -0.133. The molecule has 0 aliphatic carbocycles. The van der Waals surface area contributed by atoms with Crippen LogP contribution in [0.1, 0.15) is 33.3 Å². The quantitative estimate of drug-likeness (QED) is 0.405. The van der Waals surface area contributed by atoms with Crippen LogP contribution >= 0.6 is 22.9 Å². The number of hydrogen-bond acceptors (Lipinski definition) is 6. The number of amides is 2. The smallest absolute Gasteiger partial charge is 0.262 e. The summed E-state index contributed by atoms with van der Waals surface area (Å²) in [6.07, 6.45) is 0.388. The standard InChI is InChI=1S/C28H28ClFN4O3S/c29-22-8-3-1-6-20(22)28(36)33(12-11-32-13-15-37-16-14-32)19-27(35)34-25(21-7-2-4-9-23(21)30)18-24(31-34)26-10-5-17-38-26/h1-10,17,25H,11-16,18-19H2/t25-/m0/s1. The molecule has 3 aromatic rings. The first kappa shape index (κ1) is 26.5. The fraction of sp³-hybridized carbons (Fsp3) is 0.321. The van der Waals surface area contributed by atoms with Gasteiger partial charge in [0.2, 0.25) is 0 Å². The lowest BCUT2D eigenvalue weighted by atomic mass is 10.0. The Bertz CT molecular complexity index is 1310. The van der Waals surface area contributed by atoms with Gasteiger partial charge in [0.15, 0.2) is 0 Å². The van der Waals surface area contributed by atoms with Gasteiger partial charge in [0.25, 0.3) is 11.8 Å². The van der Waals surface area contributed by atoms with Crippen molar-refractivity contribution in [2.24, 2.45) is 5.10 Å². The normalized spacial score (nSPS) is 17.9. The average molecular weight is 555 g/mol. The van der Waals surface area contributed by atoms with Gasteiger partial charge in [0, 0.05) is 38.2 Å². The van der Waals surface area contributed by atoms with Gasteiger partial charge in [-0.15, -0.1) is 11.3 Å². The number of morpholine rings is 1. The Morgan fingerprint density at radius 1 is 1.08 bits per heavy atom. The highest BCUT2D eigenvalue weighted by Crippen LogP contribution is 2.35. The van der Waals surface area contributed by atoms with Gasteiger partial charge < -0.3 is 9.64 Å². The van der Waals surface area contributed by atoms with E-state index in [1.165, 1.54) is 27.3 Å². The summed E-state index contributed by atoms with van der Waals surface area (Å²) in [7, 11) is 0. The van der Waals surface area contributed by atoms with Crippen molar-refractivity contribution in [3.63, 3.8) is 0 Å². The highest BCUT2D eigenvalue weighted by Gasteiger charge is 2.36. The minimum absolute atomic E-state index is 0.208. The molecule has 10 heteroatoms. The van der Waals surface area contributed by atoms with Crippen LogP contribution in [0.4, 0.5) is 4.39 Å². The SMILES string of the molecule is O=C(c1ccccc1Cl)N(CCN1CCOCC1)CC(=O)N1N=C(c2cccs2)C[C@H]1c1ccccc1F. The fourth-order valence-corrected chi connectivity index (χ4v) is 5.64. The lowest BCUT2D eigenvalue weighted by Gasteiger charge is -2.31. The van der Waals surface area contributed by atoms with Crippen molar-refractivity contribution >= 4 is 40.5 Å². The van der Waals surface area contributed by atoms with Crippen molar-refractivity contribution in [3.05, 3.63) is 92.9 Å². The monoisotopic (exact) mass is 554 g/mol. The van der Waals surface area contributed by atoms with E-state index in [2.05, 4.69) is 10.0 Å². The Hall–Kier alpha value is -3.11. The molecule has 0 saturated carbocycles. The summed E-state index contributed by atoms with van der Waals surface area (Å²) in [4.78, 5) is 32.0. The van der Waals surface area contributed by atoms with Gasteiger partial charge in [-0.1, -0.05) is 48.0 Å². The van der Waals surface area contributed by atoms with Gasteiger partial charge in [-0.05, 0) is 29.6 Å². The molecule has 2 amide bonds. The maximum atomic E-state index is 14.8. The number of hydrogen-bond donors (Lipinski definition) is 0. The molecule has 0 bridgehead atoms. The topological polar surface area (TPSA) is 65.5 Å². The molecule has 5 rings (SSSR count). The summed E-state index contributed by atoms with van der Waals surface area (Å²) in [6, 6.07) is 16.5. The van der Waals surface area contributed by atoms with Gasteiger partial charge in [-0.25, -0.2) is 9.40 Å². The van der Waals surface area contributed by atoms with Crippen molar-refractivity contribution in [2.45, 2.75) is 12.5 Å². The van der Waals surface area contributed by atoms with E-state index in [-0.39, 0.29) is 18.4 Å². The second-order valence-corrected chi connectivity index (χ2v) is 10.5. The van der Waals surface area contributed by atoms with Crippen LogP contribution in [0.5, 0.6) is 0 Å². The van der Waals surface area contributed by atoms with E-state index in [1.54, 1.807) is 42.5 Å². The summed E-state index contributed by atoms with van der Waals surface area (Å²) in [5.41, 5.74) is 1.45. The van der Waals surface area contributed by atoms with Gasteiger partial charge in [0.1, 0.15) is 12.4 Å². The minimum Gasteiger partial charge on any atom is -0.379 e. The van der Waals surface area contributed by atoms with Crippen LogP contribution in [0.25, 0.3) is 0 Å². The number of carbonyl (C=O) groups is 2. The molecule has 1 fully saturated rings. The van der Waals surface area contributed by atoms with Gasteiger partial charge >= 0.3 is 0 Å². The van der Waals surface area contributed by atoms with Crippen LogP contribution in [0.15, 0.2) is 71.1 Å². The molecule has 198 valence electrons. The number of nitrogens with zero attached hydrogens (tertiary/aromatic N) is 4. The van der Waals surface area contributed by atoms with Gasteiger partial charge in [-0.3, -0.25) is 14.5 Å².